The van der Waals surface area contributed by atoms with Gasteiger partial charge in [0.15, 0.2) is 0 Å². The van der Waals surface area contributed by atoms with Gasteiger partial charge in [0.2, 0.25) is 0 Å². The molecule has 0 saturated heterocycles. The lowest BCUT2D eigenvalue weighted by atomic mass is 10.1. The second-order valence-corrected chi connectivity index (χ2v) is 8.57. The molecule has 1 atom stereocenters. The second-order valence-electron chi connectivity index (χ2n) is 8.57. The van der Waals surface area contributed by atoms with Gasteiger partial charge in [-0.15, -0.1) is 0 Å². The van der Waals surface area contributed by atoms with Crippen LogP contribution in [0.15, 0.2) is 0 Å². The molecule has 0 N–H and O–H groups in total. The molecule has 1 unspecified atom stereocenters. The topological polar surface area (TPSA) is 29.5 Å². The Hall–Kier alpha value is -0.730. The Bertz CT molecular complexity index is 333. The van der Waals surface area contributed by atoms with Gasteiger partial charge >= 0.3 is 6.09 Å². The lowest BCUT2D eigenvalue weighted by Crippen LogP contribution is -2.35. The molecule has 3 nitrogen and oxygen atoms in total. The van der Waals surface area contributed by atoms with Crippen LogP contribution in [-0.4, -0.2) is 30.2 Å². The summed E-state index contributed by atoms with van der Waals surface area (Å²) < 4.78 is 5.75. The Balaban J connectivity index is 3.96. The van der Waals surface area contributed by atoms with E-state index in [1.807, 2.05) is 4.90 Å². The summed E-state index contributed by atoms with van der Waals surface area (Å²) in [6.45, 7) is 10.4. The van der Waals surface area contributed by atoms with Crippen LogP contribution in [0.25, 0.3) is 0 Å². The van der Waals surface area contributed by atoms with Crippen molar-refractivity contribution in [1.82, 2.24) is 4.90 Å². The lowest BCUT2D eigenvalue weighted by molar-refractivity contribution is 0.0644. The molecule has 0 aromatic carbocycles. The minimum absolute atomic E-state index is 0.0429. The lowest BCUT2D eigenvalue weighted by Gasteiger charge is -2.24. The summed E-state index contributed by atoms with van der Waals surface area (Å²) in [5.41, 5.74) is 0. The van der Waals surface area contributed by atoms with E-state index >= 15 is 0 Å². The maximum absolute atomic E-state index is 12.6. The number of ether oxygens (including phenoxy) is 1. The fourth-order valence-electron chi connectivity index (χ4n) is 3.60. The quantitative estimate of drug-likeness (QED) is 0.193. The normalized spacial score (nSPS) is 12.1. The zero-order valence-corrected chi connectivity index (χ0v) is 19.8. The van der Waals surface area contributed by atoms with E-state index < -0.39 is 0 Å². The summed E-state index contributed by atoms with van der Waals surface area (Å²) >= 11 is 0. The van der Waals surface area contributed by atoms with E-state index in [1.165, 1.54) is 83.5 Å². The summed E-state index contributed by atoms with van der Waals surface area (Å²) in [6, 6.07) is 0. The average Bonchev–Trinajstić information content (AvgIpc) is 2.68. The molecule has 0 radical (unpaired) electrons. The maximum Gasteiger partial charge on any atom is 0.410 e. The van der Waals surface area contributed by atoms with Crippen molar-refractivity contribution in [2.24, 2.45) is 0 Å². The Morgan fingerprint density at radius 3 is 1.61 bits per heavy atom. The summed E-state index contributed by atoms with van der Waals surface area (Å²) in [6.07, 6.45) is 21.3. The van der Waals surface area contributed by atoms with Gasteiger partial charge < -0.3 is 9.64 Å². The van der Waals surface area contributed by atoms with Crippen molar-refractivity contribution in [3.05, 3.63) is 0 Å². The van der Waals surface area contributed by atoms with Crippen LogP contribution in [0.3, 0.4) is 0 Å². The number of nitrogens with zero attached hydrogens (tertiary/aromatic N) is 1. The van der Waals surface area contributed by atoms with Crippen molar-refractivity contribution in [1.29, 1.82) is 0 Å². The van der Waals surface area contributed by atoms with Crippen molar-refractivity contribution in [2.75, 3.05) is 13.1 Å². The van der Waals surface area contributed by atoms with Gasteiger partial charge in [0.25, 0.3) is 0 Å². The molecule has 0 aliphatic carbocycles. The smallest absolute Gasteiger partial charge is 0.410 e. The van der Waals surface area contributed by atoms with Gasteiger partial charge in [-0.3, -0.25) is 0 Å². The second kappa shape index (κ2) is 21.0. The first-order valence-electron chi connectivity index (χ1n) is 12.6. The molecule has 0 rings (SSSR count). The molecule has 3 heteroatoms. The summed E-state index contributed by atoms with van der Waals surface area (Å²) in [5.74, 6) is 0. The fourth-order valence-corrected chi connectivity index (χ4v) is 3.60. The van der Waals surface area contributed by atoms with Crippen LogP contribution < -0.4 is 0 Å². The predicted octanol–water partition coefficient (Wildman–Crippen LogP) is 8.50. The monoisotopic (exact) mass is 397 g/mol. The van der Waals surface area contributed by atoms with Crippen molar-refractivity contribution < 1.29 is 9.53 Å². The van der Waals surface area contributed by atoms with Gasteiger partial charge in [0, 0.05) is 13.1 Å². The molecule has 0 saturated carbocycles. The first kappa shape index (κ1) is 27.3. The third-order valence-electron chi connectivity index (χ3n) is 5.59. The van der Waals surface area contributed by atoms with E-state index in [-0.39, 0.29) is 12.2 Å². The minimum Gasteiger partial charge on any atom is -0.446 e. The molecule has 0 aromatic rings. The fraction of sp³-hybridized carbons (Fsp3) is 0.960. The highest BCUT2D eigenvalue weighted by atomic mass is 16.6. The molecule has 1 amide bonds. The van der Waals surface area contributed by atoms with Crippen molar-refractivity contribution >= 4 is 6.09 Å². The molecule has 0 spiro atoms. The van der Waals surface area contributed by atoms with E-state index in [0.717, 1.165) is 38.8 Å². The van der Waals surface area contributed by atoms with Crippen LogP contribution in [0.1, 0.15) is 137 Å². The Morgan fingerprint density at radius 2 is 1.07 bits per heavy atom. The number of amides is 1. The van der Waals surface area contributed by atoms with Crippen molar-refractivity contribution in [3.8, 4) is 0 Å². The Morgan fingerprint density at radius 1 is 0.643 bits per heavy atom. The molecule has 0 heterocycles. The zero-order chi connectivity index (χ0) is 20.9. The van der Waals surface area contributed by atoms with Gasteiger partial charge in [-0.2, -0.15) is 0 Å². The van der Waals surface area contributed by atoms with E-state index in [4.69, 9.17) is 4.74 Å². The van der Waals surface area contributed by atoms with Crippen LogP contribution in [0.4, 0.5) is 4.79 Å². The van der Waals surface area contributed by atoms with Crippen LogP contribution in [0, 0.1) is 0 Å². The van der Waals surface area contributed by atoms with E-state index in [1.54, 1.807) is 0 Å². The van der Waals surface area contributed by atoms with E-state index in [0.29, 0.717) is 0 Å². The molecule has 28 heavy (non-hydrogen) atoms. The summed E-state index contributed by atoms with van der Waals surface area (Å²) in [4.78, 5) is 14.5. The van der Waals surface area contributed by atoms with Crippen LogP contribution in [-0.2, 0) is 4.74 Å². The first-order chi connectivity index (χ1) is 13.7. The molecule has 0 aliphatic rings. The van der Waals surface area contributed by atoms with Gasteiger partial charge in [0.1, 0.15) is 6.10 Å². The van der Waals surface area contributed by atoms with Crippen LogP contribution >= 0.6 is 0 Å². The number of hydrogen-bond donors (Lipinski definition) is 0. The third-order valence-corrected chi connectivity index (χ3v) is 5.59. The molecule has 0 fully saturated rings. The van der Waals surface area contributed by atoms with Crippen molar-refractivity contribution in [3.63, 3.8) is 0 Å². The molecular formula is C25H51NO2. The first-order valence-corrected chi connectivity index (χ1v) is 12.6. The Labute approximate surface area is 177 Å². The highest BCUT2D eigenvalue weighted by molar-refractivity contribution is 5.67. The zero-order valence-electron chi connectivity index (χ0n) is 19.8. The molecule has 0 aromatic heterocycles. The SMILES string of the molecule is CCCCCCCCCCN(CCCC)C(=O)OC(C)CCCCCCCC. The Kier molecular flexibility index (Phi) is 20.4. The summed E-state index contributed by atoms with van der Waals surface area (Å²) in [7, 11) is 0. The van der Waals surface area contributed by atoms with Gasteiger partial charge in [-0.25, -0.2) is 4.79 Å². The molecule has 0 aliphatic heterocycles. The third kappa shape index (κ3) is 17.4. The molecular weight excluding hydrogens is 346 g/mol. The number of carbonyl (C=O) groups excluding carboxylic acids is 1. The molecule has 168 valence electrons. The minimum atomic E-state index is -0.0881. The highest BCUT2D eigenvalue weighted by Crippen LogP contribution is 2.13. The number of carbonyl (C=O) groups is 1. The van der Waals surface area contributed by atoms with Crippen LogP contribution in [0.2, 0.25) is 0 Å². The largest absolute Gasteiger partial charge is 0.446 e. The van der Waals surface area contributed by atoms with Gasteiger partial charge in [-0.1, -0.05) is 104 Å². The van der Waals surface area contributed by atoms with E-state index in [2.05, 4.69) is 27.7 Å². The number of unbranched alkanes of at least 4 members (excludes halogenated alkanes) is 13. The highest BCUT2D eigenvalue weighted by Gasteiger charge is 2.17. The maximum atomic E-state index is 12.6. The summed E-state index contributed by atoms with van der Waals surface area (Å²) in [5, 5.41) is 0. The standard InChI is InChI=1S/C25H51NO2/c1-5-8-11-13-15-16-18-20-23-26(22-10-7-3)25(27)28-24(4)21-19-17-14-12-9-6-2/h24H,5-23H2,1-4H3. The molecule has 0 bridgehead atoms. The van der Waals surface area contributed by atoms with Gasteiger partial charge in [0.05, 0.1) is 0 Å². The predicted molar refractivity (Wildman–Crippen MR) is 123 cm³/mol. The van der Waals surface area contributed by atoms with Crippen LogP contribution in [0.5, 0.6) is 0 Å². The van der Waals surface area contributed by atoms with Gasteiger partial charge in [-0.05, 0) is 32.6 Å². The average molecular weight is 398 g/mol. The number of rotatable bonds is 20. The number of hydrogen-bond acceptors (Lipinski definition) is 2. The van der Waals surface area contributed by atoms with E-state index in [9.17, 15) is 4.79 Å². The van der Waals surface area contributed by atoms with Crippen molar-refractivity contribution in [2.45, 2.75) is 143 Å².